The molecule has 0 heterocycles. The van der Waals surface area contributed by atoms with Gasteiger partial charge in [-0.1, -0.05) is 100 Å². The Labute approximate surface area is 199 Å². The summed E-state index contributed by atoms with van der Waals surface area (Å²) in [5.74, 6) is 1.93. The van der Waals surface area contributed by atoms with E-state index in [1.165, 1.54) is 38.5 Å². The second-order valence-corrected chi connectivity index (χ2v) is 11.1. The van der Waals surface area contributed by atoms with Crippen molar-refractivity contribution in [2.75, 3.05) is 13.2 Å². The number of unbranched alkanes of at least 4 members (excludes halogenated alkanes) is 7. The van der Waals surface area contributed by atoms with E-state index in [1.807, 2.05) is 0 Å². The van der Waals surface area contributed by atoms with Crippen molar-refractivity contribution in [2.24, 2.45) is 35.5 Å². The molecule has 0 aromatic heterocycles. The Kier molecular flexibility index (Phi) is 17.8. The van der Waals surface area contributed by atoms with E-state index in [4.69, 9.17) is 9.47 Å². The standard InChI is InChI=1S/C28H54O4/c1-21(2)19-31-26(29)18-16-14-12-10-9-11-13-15-17-25(23(5)6)27(24(7)8)28(30)32-20-22(3)4/h21-25,27H,9-20H2,1-8H3. The summed E-state index contributed by atoms with van der Waals surface area (Å²) in [6, 6.07) is 0. The second kappa shape index (κ2) is 18.4. The van der Waals surface area contributed by atoms with E-state index < -0.39 is 0 Å². The minimum atomic E-state index is -0.0498. The highest BCUT2D eigenvalue weighted by Crippen LogP contribution is 2.33. The predicted molar refractivity (Wildman–Crippen MR) is 134 cm³/mol. The third kappa shape index (κ3) is 15.7. The van der Waals surface area contributed by atoms with E-state index in [0.717, 1.165) is 19.3 Å². The molecule has 0 N–H and O–H groups in total. The number of hydrogen-bond acceptors (Lipinski definition) is 4. The van der Waals surface area contributed by atoms with Gasteiger partial charge in [0.05, 0.1) is 19.1 Å². The van der Waals surface area contributed by atoms with Crippen molar-refractivity contribution >= 4 is 11.9 Å². The summed E-state index contributed by atoms with van der Waals surface area (Å²) in [4.78, 5) is 24.4. The Morgan fingerprint density at radius 2 is 1.06 bits per heavy atom. The van der Waals surface area contributed by atoms with Crippen molar-refractivity contribution in [3.8, 4) is 0 Å². The van der Waals surface area contributed by atoms with Crippen LogP contribution in [0.5, 0.6) is 0 Å². The highest BCUT2D eigenvalue weighted by Gasteiger charge is 2.33. The molecule has 0 saturated heterocycles. The zero-order valence-corrected chi connectivity index (χ0v) is 22.6. The molecule has 0 fully saturated rings. The minimum Gasteiger partial charge on any atom is -0.465 e. The van der Waals surface area contributed by atoms with Crippen molar-refractivity contribution in [1.29, 1.82) is 0 Å². The summed E-state index contributed by atoms with van der Waals surface area (Å²) < 4.78 is 10.8. The first-order chi connectivity index (χ1) is 15.1. The fourth-order valence-corrected chi connectivity index (χ4v) is 4.26. The van der Waals surface area contributed by atoms with Crippen LogP contribution in [0.4, 0.5) is 0 Å². The maximum atomic E-state index is 12.8. The Bertz CT molecular complexity index is 482. The van der Waals surface area contributed by atoms with Crippen molar-refractivity contribution < 1.29 is 19.1 Å². The van der Waals surface area contributed by atoms with Crippen LogP contribution in [0.2, 0.25) is 0 Å². The molecule has 190 valence electrons. The lowest BCUT2D eigenvalue weighted by molar-refractivity contribution is -0.154. The minimum absolute atomic E-state index is 0.000451. The van der Waals surface area contributed by atoms with Crippen LogP contribution in [0.25, 0.3) is 0 Å². The van der Waals surface area contributed by atoms with Gasteiger partial charge >= 0.3 is 11.9 Å². The van der Waals surface area contributed by atoms with E-state index in [0.29, 0.717) is 49.2 Å². The summed E-state index contributed by atoms with van der Waals surface area (Å²) in [6.45, 7) is 18.1. The number of carbonyl (C=O) groups excluding carboxylic acids is 2. The van der Waals surface area contributed by atoms with Crippen molar-refractivity contribution in [3.63, 3.8) is 0 Å². The molecular formula is C28H54O4. The zero-order valence-electron chi connectivity index (χ0n) is 22.6. The monoisotopic (exact) mass is 454 g/mol. The Morgan fingerprint density at radius 3 is 1.53 bits per heavy atom. The number of rotatable bonds is 19. The Hall–Kier alpha value is -1.06. The molecule has 0 aliphatic heterocycles. The van der Waals surface area contributed by atoms with Gasteiger partial charge in [-0.15, -0.1) is 0 Å². The second-order valence-electron chi connectivity index (χ2n) is 11.1. The highest BCUT2D eigenvalue weighted by atomic mass is 16.5. The normalized spacial score (nSPS) is 13.8. The topological polar surface area (TPSA) is 52.6 Å². The first kappa shape index (κ1) is 30.9. The molecule has 2 atom stereocenters. The molecule has 0 aromatic carbocycles. The van der Waals surface area contributed by atoms with Crippen LogP contribution >= 0.6 is 0 Å². The molecule has 0 bridgehead atoms. The van der Waals surface area contributed by atoms with Gasteiger partial charge in [0.25, 0.3) is 0 Å². The SMILES string of the molecule is CC(C)COC(=O)CCCCCCCCCCC(C(C)C)C(C(=O)OCC(C)C)C(C)C. The summed E-state index contributed by atoms with van der Waals surface area (Å²) in [7, 11) is 0. The van der Waals surface area contributed by atoms with E-state index >= 15 is 0 Å². The van der Waals surface area contributed by atoms with Crippen LogP contribution in [0.1, 0.15) is 120 Å². The molecule has 0 radical (unpaired) electrons. The van der Waals surface area contributed by atoms with Gasteiger partial charge in [0.1, 0.15) is 0 Å². The Balaban J connectivity index is 4.06. The molecule has 4 nitrogen and oxygen atoms in total. The zero-order chi connectivity index (χ0) is 24.5. The summed E-state index contributed by atoms with van der Waals surface area (Å²) in [6.07, 6.45) is 11.1. The van der Waals surface area contributed by atoms with Crippen molar-refractivity contribution in [3.05, 3.63) is 0 Å². The molecule has 0 aromatic rings. The lowest BCUT2D eigenvalue weighted by atomic mass is 9.74. The number of ether oxygens (including phenoxy) is 2. The van der Waals surface area contributed by atoms with Crippen LogP contribution in [0.15, 0.2) is 0 Å². The predicted octanol–water partition coefficient (Wildman–Crippen LogP) is 7.83. The summed E-state index contributed by atoms with van der Waals surface area (Å²) in [5.41, 5.74) is 0. The molecule has 32 heavy (non-hydrogen) atoms. The molecule has 2 unspecified atom stereocenters. The lowest BCUT2D eigenvalue weighted by Crippen LogP contribution is -2.34. The van der Waals surface area contributed by atoms with Gasteiger partial charge in [0.15, 0.2) is 0 Å². The van der Waals surface area contributed by atoms with Crippen molar-refractivity contribution in [2.45, 2.75) is 120 Å². The van der Waals surface area contributed by atoms with Gasteiger partial charge in [-0.3, -0.25) is 9.59 Å². The van der Waals surface area contributed by atoms with Gasteiger partial charge in [0.2, 0.25) is 0 Å². The first-order valence-electron chi connectivity index (χ1n) is 13.4. The van der Waals surface area contributed by atoms with E-state index in [1.54, 1.807) is 0 Å². The molecule has 4 heteroatoms. The van der Waals surface area contributed by atoms with Gasteiger partial charge in [-0.05, 0) is 42.4 Å². The van der Waals surface area contributed by atoms with E-state index in [9.17, 15) is 9.59 Å². The molecule has 0 aliphatic carbocycles. The fourth-order valence-electron chi connectivity index (χ4n) is 4.26. The average Bonchev–Trinajstić information content (AvgIpc) is 2.70. The molecule has 0 saturated carbocycles. The quantitative estimate of drug-likeness (QED) is 0.147. The lowest BCUT2D eigenvalue weighted by Gasteiger charge is -2.31. The first-order valence-corrected chi connectivity index (χ1v) is 13.4. The smallest absolute Gasteiger partial charge is 0.309 e. The van der Waals surface area contributed by atoms with Crippen LogP contribution in [-0.2, 0) is 19.1 Å². The van der Waals surface area contributed by atoms with E-state index in [-0.39, 0.29) is 17.9 Å². The van der Waals surface area contributed by atoms with Crippen LogP contribution in [0, 0.1) is 35.5 Å². The Morgan fingerprint density at radius 1 is 0.594 bits per heavy atom. The highest BCUT2D eigenvalue weighted by molar-refractivity contribution is 5.73. The van der Waals surface area contributed by atoms with Crippen LogP contribution < -0.4 is 0 Å². The molecular weight excluding hydrogens is 400 g/mol. The summed E-state index contributed by atoms with van der Waals surface area (Å²) >= 11 is 0. The van der Waals surface area contributed by atoms with Crippen LogP contribution in [-0.4, -0.2) is 25.2 Å². The van der Waals surface area contributed by atoms with Gasteiger partial charge in [0, 0.05) is 6.42 Å². The van der Waals surface area contributed by atoms with Gasteiger partial charge < -0.3 is 9.47 Å². The molecule has 0 amide bonds. The molecule has 0 aliphatic rings. The average molecular weight is 455 g/mol. The van der Waals surface area contributed by atoms with Gasteiger partial charge in [-0.25, -0.2) is 0 Å². The third-order valence-corrected chi connectivity index (χ3v) is 6.11. The molecule has 0 spiro atoms. The summed E-state index contributed by atoms with van der Waals surface area (Å²) in [5, 5.41) is 0. The number of hydrogen-bond donors (Lipinski definition) is 0. The molecule has 0 rings (SSSR count). The largest absolute Gasteiger partial charge is 0.465 e. The number of carbonyl (C=O) groups is 2. The third-order valence-electron chi connectivity index (χ3n) is 6.11. The van der Waals surface area contributed by atoms with Gasteiger partial charge in [-0.2, -0.15) is 0 Å². The van der Waals surface area contributed by atoms with Crippen LogP contribution in [0.3, 0.4) is 0 Å². The van der Waals surface area contributed by atoms with E-state index in [2.05, 4.69) is 55.4 Å². The number of esters is 2. The maximum Gasteiger partial charge on any atom is 0.309 e. The van der Waals surface area contributed by atoms with Crippen molar-refractivity contribution in [1.82, 2.24) is 0 Å². The fraction of sp³-hybridized carbons (Fsp3) is 0.929. The maximum absolute atomic E-state index is 12.8.